The molecule has 1 aromatic rings. The minimum Gasteiger partial charge on any atom is -0.455 e. The first-order chi connectivity index (χ1) is 8.16. The van der Waals surface area contributed by atoms with E-state index in [0.29, 0.717) is 5.33 Å². The molecule has 0 aromatic heterocycles. The Bertz CT molecular complexity index is 422. The van der Waals surface area contributed by atoms with Crippen LogP contribution in [0.4, 0.5) is 8.78 Å². The molecule has 0 amide bonds. The molecule has 0 atom stereocenters. The predicted octanol–water partition coefficient (Wildman–Crippen LogP) is 4.02. The summed E-state index contributed by atoms with van der Waals surface area (Å²) in [5.74, 6) is -5.15. The van der Waals surface area contributed by atoms with Gasteiger partial charge >= 0.3 is 11.9 Å². The highest BCUT2D eigenvalue weighted by Gasteiger charge is 2.44. The zero-order chi connectivity index (χ0) is 14.0. The van der Waals surface area contributed by atoms with Crippen molar-refractivity contribution < 1.29 is 18.3 Å². The van der Waals surface area contributed by atoms with E-state index in [9.17, 15) is 13.6 Å². The molecule has 0 aliphatic carbocycles. The maximum atomic E-state index is 13.8. The lowest BCUT2D eigenvalue weighted by molar-refractivity contribution is -0.185. The largest absolute Gasteiger partial charge is 0.455 e. The average molecular weight is 321 g/mol. The third-order valence-corrected chi connectivity index (χ3v) is 2.77. The van der Waals surface area contributed by atoms with Crippen LogP contribution in [-0.4, -0.2) is 11.6 Å². The van der Waals surface area contributed by atoms with Crippen molar-refractivity contribution in [1.29, 1.82) is 0 Å². The number of carbonyl (C=O) groups is 1. The molecule has 0 unspecified atom stereocenters. The van der Waals surface area contributed by atoms with E-state index in [-0.39, 0.29) is 5.56 Å². The SMILES string of the molecule is CC(C)(C)OC(=O)C(F)(F)c1ccc(CBr)cc1. The molecular formula is C13H15BrF2O2. The lowest BCUT2D eigenvalue weighted by atomic mass is 10.1. The van der Waals surface area contributed by atoms with Crippen LogP contribution in [0, 0.1) is 0 Å². The molecule has 0 fully saturated rings. The standard InChI is InChI=1S/C13H15BrF2O2/c1-12(2,3)18-11(17)13(15,16)10-6-4-9(8-14)5-7-10/h4-7H,8H2,1-3H3. The van der Waals surface area contributed by atoms with Crippen LogP contribution in [0.25, 0.3) is 0 Å². The number of rotatable bonds is 3. The van der Waals surface area contributed by atoms with Gasteiger partial charge in [-0.25, -0.2) is 4.79 Å². The summed E-state index contributed by atoms with van der Waals surface area (Å²) in [5, 5.41) is 0.575. The Labute approximate surface area is 113 Å². The third-order valence-electron chi connectivity index (χ3n) is 2.13. The van der Waals surface area contributed by atoms with Crippen molar-refractivity contribution in [3.05, 3.63) is 35.4 Å². The third kappa shape index (κ3) is 3.77. The summed E-state index contributed by atoms with van der Waals surface area (Å²) in [4.78, 5) is 11.5. The van der Waals surface area contributed by atoms with Gasteiger partial charge in [-0.1, -0.05) is 40.2 Å². The van der Waals surface area contributed by atoms with E-state index in [4.69, 9.17) is 4.74 Å². The summed E-state index contributed by atoms with van der Waals surface area (Å²) in [7, 11) is 0. The molecule has 1 aromatic carbocycles. The van der Waals surface area contributed by atoms with Gasteiger partial charge in [0.25, 0.3) is 0 Å². The summed E-state index contributed by atoms with van der Waals surface area (Å²) in [6.07, 6.45) is 0. The highest BCUT2D eigenvalue weighted by Crippen LogP contribution is 2.31. The highest BCUT2D eigenvalue weighted by atomic mass is 79.9. The smallest absolute Gasteiger partial charge is 0.382 e. The number of esters is 1. The van der Waals surface area contributed by atoms with Crippen LogP contribution < -0.4 is 0 Å². The second-order valence-electron chi connectivity index (χ2n) is 4.91. The van der Waals surface area contributed by atoms with Crippen LogP contribution in [0.3, 0.4) is 0 Å². The number of ether oxygens (including phenoxy) is 1. The lowest BCUT2D eigenvalue weighted by Crippen LogP contribution is -2.34. The number of alkyl halides is 3. The zero-order valence-electron chi connectivity index (χ0n) is 10.5. The molecule has 0 aliphatic rings. The van der Waals surface area contributed by atoms with Gasteiger partial charge in [0.1, 0.15) is 5.60 Å². The second kappa shape index (κ2) is 5.34. The van der Waals surface area contributed by atoms with Crippen LogP contribution in [-0.2, 0) is 20.8 Å². The number of carbonyl (C=O) groups excluding carboxylic acids is 1. The minimum absolute atomic E-state index is 0.360. The Balaban J connectivity index is 2.94. The minimum atomic E-state index is -3.63. The van der Waals surface area contributed by atoms with Crippen LogP contribution >= 0.6 is 15.9 Å². The molecule has 0 aliphatic heterocycles. The molecule has 0 saturated carbocycles. The molecule has 0 N–H and O–H groups in total. The Kier molecular flexibility index (Phi) is 4.48. The van der Waals surface area contributed by atoms with Gasteiger partial charge in [-0.15, -0.1) is 0 Å². The number of halogens is 3. The summed E-state index contributed by atoms with van der Waals surface area (Å²) in [5.41, 5.74) is -0.434. The average Bonchev–Trinajstić information content (AvgIpc) is 2.27. The van der Waals surface area contributed by atoms with Crippen molar-refractivity contribution in [2.75, 3.05) is 0 Å². The van der Waals surface area contributed by atoms with Gasteiger partial charge in [-0.05, 0) is 26.3 Å². The maximum absolute atomic E-state index is 13.8. The monoisotopic (exact) mass is 320 g/mol. The molecule has 100 valence electrons. The van der Waals surface area contributed by atoms with Crippen LogP contribution in [0.2, 0.25) is 0 Å². The topological polar surface area (TPSA) is 26.3 Å². The second-order valence-corrected chi connectivity index (χ2v) is 5.47. The van der Waals surface area contributed by atoms with Crippen molar-refractivity contribution in [2.45, 2.75) is 37.6 Å². The molecule has 5 heteroatoms. The summed E-state index contributed by atoms with van der Waals surface area (Å²) in [6.45, 7) is 4.65. The van der Waals surface area contributed by atoms with Gasteiger partial charge in [0.15, 0.2) is 0 Å². The highest BCUT2D eigenvalue weighted by molar-refractivity contribution is 9.08. The molecule has 0 spiro atoms. The first-order valence-electron chi connectivity index (χ1n) is 5.43. The van der Waals surface area contributed by atoms with Crippen molar-refractivity contribution in [2.24, 2.45) is 0 Å². The lowest BCUT2D eigenvalue weighted by Gasteiger charge is -2.23. The van der Waals surface area contributed by atoms with Crippen molar-refractivity contribution in [3.8, 4) is 0 Å². The summed E-state index contributed by atoms with van der Waals surface area (Å²) < 4.78 is 32.4. The van der Waals surface area contributed by atoms with E-state index in [1.807, 2.05) is 0 Å². The van der Waals surface area contributed by atoms with E-state index in [0.717, 1.165) is 5.56 Å². The predicted molar refractivity (Wildman–Crippen MR) is 68.8 cm³/mol. The van der Waals surface area contributed by atoms with Gasteiger partial charge in [0.05, 0.1) is 0 Å². The Morgan fingerprint density at radius 2 is 1.72 bits per heavy atom. The molecule has 0 heterocycles. The normalized spacial score (nSPS) is 12.3. The van der Waals surface area contributed by atoms with Gasteiger partial charge in [-0.2, -0.15) is 8.78 Å². The molecule has 0 radical (unpaired) electrons. The Morgan fingerprint density at radius 3 is 2.11 bits per heavy atom. The van der Waals surface area contributed by atoms with Crippen LogP contribution in [0.15, 0.2) is 24.3 Å². The number of hydrogen-bond acceptors (Lipinski definition) is 2. The quantitative estimate of drug-likeness (QED) is 0.621. The van der Waals surface area contributed by atoms with E-state index in [2.05, 4.69) is 15.9 Å². The molecule has 2 nitrogen and oxygen atoms in total. The van der Waals surface area contributed by atoms with E-state index >= 15 is 0 Å². The van der Waals surface area contributed by atoms with Crippen molar-refractivity contribution in [1.82, 2.24) is 0 Å². The first-order valence-corrected chi connectivity index (χ1v) is 6.55. The fourth-order valence-electron chi connectivity index (χ4n) is 1.26. The van der Waals surface area contributed by atoms with Crippen molar-refractivity contribution >= 4 is 21.9 Å². The fraction of sp³-hybridized carbons (Fsp3) is 0.462. The van der Waals surface area contributed by atoms with Gasteiger partial charge in [0, 0.05) is 10.9 Å². The van der Waals surface area contributed by atoms with Gasteiger partial charge in [-0.3, -0.25) is 0 Å². The summed E-state index contributed by atoms with van der Waals surface area (Å²) in [6, 6.07) is 5.56. The molecule has 1 rings (SSSR count). The van der Waals surface area contributed by atoms with Crippen molar-refractivity contribution in [3.63, 3.8) is 0 Å². The maximum Gasteiger partial charge on any atom is 0.382 e. The van der Waals surface area contributed by atoms with E-state index < -0.39 is 17.5 Å². The zero-order valence-corrected chi connectivity index (χ0v) is 12.1. The van der Waals surface area contributed by atoms with E-state index in [1.165, 1.54) is 12.1 Å². The first kappa shape index (κ1) is 15.1. The van der Waals surface area contributed by atoms with Gasteiger partial charge in [0.2, 0.25) is 0 Å². The van der Waals surface area contributed by atoms with Crippen LogP contribution in [0.1, 0.15) is 31.9 Å². The molecule has 18 heavy (non-hydrogen) atoms. The van der Waals surface area contributed by atoms with E-state index in [1.54, 1.807) is 32.9 Å². The number of hydrogen-bond donors (Lipinski definition) is 0. The number of benzene rings is 1. The Morgan fingerprint density at radius 1 is 1.22 bits per heavy atom. The fourth-order valence-corrected chi connectivity index (χ4v) is 1.64. The summed E-state index contributed by atoms with van der Waals surface area (Å²) >= 11 is 3.22. The van der Waals surface area contributed by atoms with Gasteiger partial charge < -0.3 is 4.74 Å². The molecule has 0 bridgehead atoms. The Hall–Kier alpha value is -0.970. The molecule has 0 saturated heterocycles. The van der Waals surface area contributed by atoms with Crippen LogP contribution in [0.5, 0.6) is 0 Å². The molecular weight excluding hydrogens is 306 g/mol.